The number of aryl methyl sites for hydroxylation is 1. The van der Waals surface area contributed by atoms with E-state index in [0.717, 1.165) is 15.3 Å². The van der Waals surface area contributed by atoms with Crippen molar-refractivity contribution in [1.82, 2.24) is 4.98 Å². The van der Waals surface area contributed by atoms with Gasteiger partial charge >= 0.3 is 0 Å². The van der Waals surface area contributed by atoms with Crippen molar-refractivity contribution in [2.45, 2.75) is 25.8 Å². The van der Waals surface area contributed by atoms with Crippen LogP contribution in [0.15, 0.2) is 35.5 Å². The number of anilines is 1. The topological polar surface area (TPSA) is 135 Å². The van der Waals surface area contributed by atoms with Crippen LogP contribution in [0.4, 0.5) is 5.69 Å². The van der Waals surface area contributed by atoms with E-state index in [2.05, 4.69) is 9.98 Å². The lowest BCUT2D eigenvalue weighted by atomic mass is 10.1. The predicted molar refractivity (Wildman–Crippen MR) is 104 cm³/mol. The molecule has 0 aliphatic rings. The van der Waals surface area contributed by atoms with E-state index in [4.69, 9.17) is 23.1 Å². The minimum atomic E-state index is -2.48. The molecule has 0 saturated heterocycles. The van der Waals surface area contributed by atoms with Gasteiger partial charge < -0.3 is 11.5 Å². The highest BCUT2D eigenvalue weighted by Crippen LogP contribution is 2.30. The van der Waals surface area contributed by atoms with Gasteiger partial charge in [0.25, 0.3) is 11.3 Å². The largest absolute Gasteiger partial charge is 0.370 e. The Kier molecular flexibility index (Phi) is 6.90. The zero-order valence-electron chi connectivity index (χ0n) is 14.1. The lowest BCUT2D eigenvalue weighted by Crippen LogP contribution is -2.41. The third kappa shape index (κ3) is 4.90. The highest BCUT2D eigenvalue weighted by Gasteiger charge is 2.30. The lowest BCUT2D eigenvalue weighted by Gasteiger charge is -2.27. The molecule has 1 aromatic carbocycles. The van der Waals surface area contributed by atoms with E-state index in [9.17, 15) is 13.6 Å². The summed E-state index contributed by atoms with van der Waals surface area (Å²) in [5.41, 5.74) is 12.4. The van der Waals surface area contributed by atoms with Crippen LogP contribution in [0.2, 0.25) is 0 Å². The van der Waals surface area contributed by atoms with E-state index in [1.165, 1.54) is 0 Å². The number of carbonyl (C=O) groups excluding carboxylic acids is 1. The molecular formula is C16H20ClN5O3S. The van der Waals surface area contributed by atoms with Gasteiger partial charge in [-0.25, -0.2) is 4.21 Å². The molecule has 5 N–H and O–H groups in total. The van der Waals surface area contributed by atoms with Crippen LogP contribution in [-0.4, -0.2) is 37.5 Å². The third-order valence-electron chi connectivity index (χ3n) is 3.71. The molecule has 0 aliphatic carbocycles. The number of benzene rings is 1. The molecule has 0 aliphatic heterocycles. The first-order valence-electron chi connectivity index (χ1n) is 7.81. The van der Waals surface area contributed by atoms with E-state index in [1.54, 1.807) is 18.3 Å². The third-order valence-corrected chi connectivity index (χ3v) is 4.75. The normalized spacial score (nSPS) is 13.2. The second-order valence-corrected chi connectivity index (χ2v) is 6.91. The van der Waals surface area contributed by atoms with Gasteiger partial charge in [-0.1, -0.05) is 12.1 Å². The highest BCUT2D eigenvalue weighted by atomic mass is 35.5. The van der Waals surface area contributed by atoms with Gasteiger partial charge in [-0.2, -0.15) is 0 Å². The van der Waals surface area contributed by atoms with Crippen LogP contribution in [0, 0.1) is 6.92 Å². The van der Waals surface area contributed by atoms with Gasteiger partial charge in [0.05, 0.1) is 11.2 Å². The number of rotatable bonds is 8. The molecule has 2 rings (SSSR count). The van der Waals surface area contributed by atoms with Crippen molar-refractivity contribution in [2.24, 2.45) is 16.5 Å². The summed E-state index contributed by atoms with van der Waals surface area (Å²) in [6.07, 6.45) is 2.26. The monoisotopic (exact) mass is 397 g/mol. The second kappa shape index (κ2) is 8.93. The molecule has 0 spiro atoms. The van der Waals surface area contributed by atoms with Crippen LogP contribution < -0.4 is 15.8 Å². The number of nitrogens with two attached hydrogens (primary N) is 2. The number of nitrogens with zero attached hydrogens (tertiary/aromatic N) is 3. The molecule has 1 aromatic heterocycles. The maximum absolute atomic E-state index is 12.0. The molecule has 10 heteroatoms. The van der Waals surface area contributed by atoms with Gasteiger partial charge in [-0.3, -0.25) is 23.6 Å². The van der Waals surface area contributed by atoms with Crippen LogP contribution in [0.3, 0.4) is 0 Å². The Morgan fingerprint density at radius 3 is 2.81 bits per heavy atom. The van der Waals surface area contributed by atoms with Crippen molar-refractivity contribution in [3.05, 3.63) is 36.0 Å². The van der Waals surface area contributed by atoms with Crippen LogP contribution in [0.25, 0.3) is 10.9 Å². The molecule has 2 atom stereocenters. The van der Waals surface area contributed by atoms with E-state index in [1.807, 2.05) is 19.1 Å². The Bertz CT molecular complexity index is 857. The van der Waals surface area contributed by atoms with Crippen LogP contribution in [0.1, 0.15) is 18.4 Å². The van der Waals surface area contributed by atoms with Crippen molar-refractivity contribution in [3.63, 3.8) is 0 Å². The van der Waals surface area contributed by atoms with E-state index < -0.39 is 22.6 Å². The van der Waals surface area contributed by atoms with Gasteiger partial charge in [-0.05, 0) is 49.1 Å². The molecule has 1 heterocycles. The molecule has 0 saturated carbocycles. The summed E-state index contributed by atoms with van der Waals surface area (Å²) in [5, 5.41) is 0.0421. The molecule has 0 radical (unpaired) electrons. The van der Waals surface area contributed by atoms with Crippen molar-refractivity contribution >= 4 is 50.7 Å². The van der Waals surface area contributed by atoms with E-state index in [0.29, 0.717) is 17.6 Å². The first-order chi connectivity index (χ1) is 12.3. The van der Waals surface area contributed by atoms with Gasteiger partial charge in [0.15, 0.2) is 5.96 Å². The Hall–Kier alpha value is -2.23. The number of aliphatic imine (C=N–C) groups is 1. The summed E-state index contributed by atoms with van der Waals surface area (Å²) in [6.45, 7) is 2.18. The summed E-state index contributed by atoms with van der Waals surface area (Å²) in [6, 6.07) is 6.08. The van der Waals surface area contributed by atoms with Crippen LogP contribution in [0.5, 0.6) is 0 Å². The SMILES string of the molecule is Cc1cnc2c(N(C(CCCN=C(N)N)C(=O)Cl)S(=O)O)cccc2c1. The summed E-state index contributed by atoms with van der Waals surface area (Å²) in [4.78, 5) is 20.1. The molecular weight excluding hydrogens is 378 g/mol. The molecule has 2 aromatic rings. The molecule has 26 heavy (non-hydrogen) atoms. The summed E-state index contributed by atoms with van der Waals surface area (Å²) >= 11 is 3.24. The number of guanidine groups is 1. The Morgan fingerprint density at radius 2 is 2.19 bits per heavy atom. The standard InChI is InChI=1S/C16H20ClN5O3S/c1-10-8-11-4-2-5-12(14(11)21-9-10)22(26(24)25)13(15(17)23)6-3-7-20-16(18)19/h2,4-5,8-9,13H,3,6-7H2,1H3,(H,24,25)(H4,18,19,20). The molecule has 0 fully saturated rings. The number of hydrogen-bond acceptors (Lipinski definition) is 4. The minimum Gasteiger partial charge on any atom is -0.370 e. The van der Waals surface area contributed by atoms with Crippen molar-refractivity contribution in [1.29, 1.82) is 0 Å². The molecule has 0 amide bonds. The average molecular weight is 398 g/mol. The van der Waals surface area contributed by atoms with Gasteiger partial charge in [0.2, 0.25) is 5.24 Å². The minimum absolute atomic E-state index is 0.0602. The number of para-hydroxylation sites is 1. The van der Waals surface area contributed by atoms with Crippen LogP contribution >= 0.6 is 11.6 Å². The first kappa shape index (κ1) is 20.1. The average Bonchev–Trinajstić information content (AvgIpc) is 2.56. The highest BCUT2D eigenvalue weighted by molar-refractivity contribution is 7.80. The quantitative estimate of drug-likeness (QED) is 0.204. The molecule has 8 nitrogen and oxygen atoms in total. The van der Waals surface area contributed by atoms with Crippen molar-refractivity contribution in [3.8, 4) is 0 Å². The molecule has 2 unspecified atom stereocenters. The maximum Gasteiger partial charge on any atom is 0.262 e. The van der Waals surface area contributed by atoms with Gasteiger partial charge in [0, 0.05) is 18.1 Å². The molecule has 140 valence electrons. The Morgan fingerprint density at radius 1 is 1.46 bits per heavy atom. The maximum atomic E-state index is 12.0. The zero-order valence-corrected chi connectivity index (χ0v) is 15.7. The smallest absolute Gasteiger partial charge is 0.262 e. The first-order valence-corrected chi connectivity index (χ1v) is 9.25. The fourth-order valence-corrected chi connectivity index (χ4v) is 3.61. The second-order valence-electron chi connectivity index (χ2n) is 5.69. The van der Waals surface area contributed by atoms with Crippen molar-refractivity contribution < 1.29 is 13.6 Å². The summed E-state index contributed by atoms with van der Waals surface area (Å²) in [7, 11) is 0. The number of hydrogen-bond donors (Lipinski definition) is 3. The predicted octanol–water partition coefficient (Wildman–Crippen LogP) is 1.67. The fourth-order valence-electron chi connectivity index (χ4n) is 2.61. The molecule has 0 bridgehead atoms. The zero-order chi connectivity index (χ0) is 19.3. The number of carbonyl (C=O) groups is 1. The summed E-state index contributed by atoms with van der Waals surface area (Å²) < 4.78 is 22.9. The van der Waals surface area contributed by atoms with Gasteiger partial charge in [-0.15, -0.1) is 0 Å². The Balaban J connectivity index is 2.41. The number of halogens is 1. The number of aromatic nitrogens is 1. The number of pyridine rings is 1. The van der Waals surface area contributed by atoms with Crippen molar-refractivity contribution in [2.75, 3.05) is 10.8 Å². The Labute approximate surface area is 158 Å². The fraction of sp³-hybridized carbons (Fsp3) is 0.312. The van der Waals surface area contributed by atoms with Gasteiger partial charge in [0.1, 0.15) is 6.04 Å². The van der Waals surface area contributed by atoms with Crippen LogP contribution in [-0.2, 0) is 16.1 Å². The summed E-state index contributed by atoms with van der Waals surface area (Å²) in [5.74, 6) is -0.0602. The van der Waals surface area contributed by atoms with E-state index in [-0.39, 0.29) is 18.9 Å². The number of fused-ring (bicyclic) bond motifs is 1. The lowest BCUT2D eigenvalue weighted by molar-refractivity contribution is -0.112. The van der Waals surface area contributed by atoms with E-state index >= 15 is 0 Å².